The van der Waals surface area contributed by atoms with Gasteiger partial charge in [-0.2, -0.15) is 0 Å². The number of hydrogen-bond acceptors (Lipinski definition) is 5. The number of carbonyl (C=O) groups is 2. The molecule has 0 fully saturated rings. The molecule has 0 aliphatic carbocycles. The summed E-state index contributed by atoms with van der Waals surface area (Å²) in [6, 6.07) is 9.55. The lowest BCUT2D eigenvalue weighted by Gasteiger charge is -2.03. The maximum absolute atomic E-state index is 12.0. The van der Waals surface area contributed by atoms with Crippen molar-refractivity contribution in [1.82, 2.24) is 10.3 Å². The number of amides is 1. The highest BCUT2D eigenvalue weighted by molar-refractivity contribution is 7.17. The van der Waals surface area contributed by atoms with E-state index in [4.69, 9.17) is 11.2 Å². The number of nitrogens with one attached hydrogen (secondary N) is 1. The van der Waals surface area contributed by atoms with Crippen molar-refractivity contribution in [2.24, 2.45) is 0 Å². The van der Waals surface area contributed by atoms with Gasteiger partial charge in [-0.15, -0.1) is 17.8 Å². The zero-order valence-electron chi connectivity index (χ0n) is 12.0. The summed E-state index contributed by atoms with van der Waals surface area (Å²) in [5, 5.41) is 3.16. The predicted octanol–water partition coefficient (Wildman–Crippen LogP) is 2.02. The van der Waals surface area contributed by atoms with Gasteiger partial charge in [0.1, 0.15) is 9.88 Å². The zero-order chi connectivity index (χ0) is 15.9. The highest BCUT2D eigenvalue weighted by atomic mass is 32.1. The van der Waals surface area contributed by atoms with Crippen LogP contribution < -0.4 is 5.32 Å². The molecule has 0 atom stereocenters. The maximum atomic E-state index is 12.0. The predicted molar refractivity (Wildman–Crippen MR) is 84.4 cm³/mol. The number of ether oxygens (including phenoxy) is 1. The van der Waals surface area contributed by atoms with E-state index in [9.17, 15) is 9.59 Å². The van der Waals surface area contributed by atoms with Gasteiger partial charge in [0.2, 0.25) is 0 Å². The van der Waals surface area contributed by atoms with E-state index in [1.54, 1.807) is 6.92 Å². The molecular formula is C16H14N2O3S. The summed E-state index contributed by atoms with van der Waals surface area (Å²) < 4.78 is 4.97. The van der Waals surface area contributed by atoms with Gasteiger partial charge < -0.3 is 10.1 Å². The van der Waals surface area contributed by atoms with Gasteiger partial charge in [0.05, 0.1) is 12.2 Å². The van der Waals surface area contributed by atoms with Gasteiger partial charge in [-0.1, -0.05) is 36.3 Å². The van der Waals surface area contributed by atoms with Crippen molar-refractivity contribution < 1.29 is 14.3 Å². The number of aryl methyl sites for hydroxylation is 1. The van der Waals surface area contributed by atoms with Crippen molar-refractivity contribution in [3.05, 3.63) is 40.9 Å². The van der Waals surface area contributed by atoms with E-state index in [0.717, 1.165) is 10.6 Å². The number of benzene rings is 1. The molecule has 22 heavy (non-hydrogen) atoms. The number of rotatable bonds is 5. The van der Waals surface area contributed by atoms with Crippen molar-refractivity contribution in [1.29, 1.82) is 0 Å². The lowest BCUT2D eigenvalue weighted by molar-refractivity contribution is -0.123. The Morgan fingerprint density at radius 1 is 1.36 bits per heavy atom. The molecule has 1 aromatic carbocycles. The lowest BCUT2D eigenvalue weighted by Crippen LogP contribution is -2.28. The van der Waals surface area contributed by atoms with Gasteiger partial charge in [0.15, 0.2) is 6.61 Å². The van der Waals surface area contributed by atoms with E-state index in [1.807, 2.05) is 30.3 Å². The van der Waals surface area contributed by atoms with E-state index in [1.165, 1.54) is 11.3 Å². The summed E-state index contributed by atoms with van der Waals surface area (Å²) in [4.78, 5) is 28.1. The number of nitrogens with zero attached hydrogens (tertiary/aromatic N) is 1. The standard InChI is InChI=1S/C16H14N2O3S/c1-3-9-17-13(19)10-21-16(20)14-11(2)18-15(22-14)12-7-5-4-6-8-12/h1,4-8H,9-10H2,2H3,(H,17,19). The Kier molecular flexibility index (Phi) is 5.28. The Labute approximate surface area is 132 Å². The first-order valence-corrected chi connectivity index (χ1v) is 7.33. The monoisotopic (exact) mass is 314 g/mol. The average Bonchev–Trinajstić information content (AvgIpc) is 2.93. The maximum Gasteiger partial charge on any atom is 0.350 e. The number of carbonyl (C=O) groups excluding carboxylic acids is 2. The molecule has 0 spiro atoms. The second kappa shape index (κ2) is 7.38. The normalized spacial score (nSPS) is 9.82. The number of thiazole rings is 1. The Morgan fingerprint density at radius 2 is 2.09 bits per heavy atom. The Hall–Kier alpha value is -2.65. The smallest absolute Gasteiger partial charge is 0.350 e. The Balaban J connectivity index is 2.04. The Bertz CT molecular complexity index is 717. The highest BCUT2D eigenvalue weighted by Gasteiger charge is 2.18. The minimum atomic E-state index is -0.562. The fourth-order valence-electron chi connectivity index (χ4n) is 1.69. The van der Waals surface area contributed by atoms with E-state index in [2.05, 4.69) is 16.2 Å². The van der Waals surface area contributed by atoms with Crippen LogP contribution in [-0.4, -0.2) is 30.0 Å². The summed E-state index contributed by atoms with van der Waals surface area (Å²) in [7, 11) is 0. The molecule has 6 heteroatoms. The molecule has 1 heterocycles. The van der Waals surface area contributed by atoms with Crippen LogP contribution in [0, 0.1) is 19.3 Å². The molecule has 1 amide bonds. The lowest BCUT2D eigenvalue weighted by atomic mass is 10.2. The van der Waals surface area contributed by atoms with Crippen LogP contribution in [0.3, 0.4) is 0 Å². The molecule has 1 N–H and O–H groups in total. The summed E-state index contributed by atoms with van der Waals surface area (Å²) in [6.45, 7) is 1.48. The molecule has 2 rings (SSSR count). The van der Waals surface area contributed by atoms with Crippen LogP contribution in [0.1, 0.15) is 15.4 Å². The van der Waals surface area contributed by atoms with Crippen LogP contribution in [0.5, 0.6) is 0 Å². The molecule has 2 aromatic rings. The molecule has 0 unspecified atom stereocenters. The minimum absolute atomic E-state index is 0.105. The average molecular weight is 314 g/mol. The third kappa shape index (κ3) is 3.93. The fourth-order valence-corrected chi connectivity index (χ4v) is 2.65. The number of aromatic nitrogens is 1. The molecule has 112 valence electrons. The summed E-state index contributed by atoms with van der Waals surface area (Å²) >= 11 is 1.24. The van der Waals surface area contributed by atoms with Crippen LogP contribution in [0.2, 0.25) is 0 Å². The molecular weight excluding hydrogens is 300 g/mol. The zero-order valence-corrected chi connectivity index (χ0v) is 12.8. The summed E-state index contributed by atoms with van der Waals surface area (Å²) in [5.74, 6) is 1.27. The van der Waals surface area contributed by atoms with Crippen molar-refractivity contribution in [3.8, 4) is 22.9 Å². The van der Waals surface area contributed by atoms with Crippen molar-refractivity contribution >= 4 is 23.2 Å². The van der Waals surface area contributed by atoms with Crippen LogP contribution in [0.15, 0.2) is 30.3 Å². The van der Waals surface area contributed by atoms with Gasteiger partial charge in [0, 0.05) is 5.56 Å². The SMILES string of the molecule is C#CCNC(=O)COC(=O)c1sc(-c2ccccc2)nc1C. The van der Waals surface area contributed by atoms with E-state index in [0.29, 0.717) is 10.6 Å². The second-order valence-electron chi connectivity index (χ2n) is 4.36. The van der Waals surface area contributed by atoms with Gasteiger partial charge in [-0.05, 0) is 6.92 Å². The van der Waals surface area contributed by atoms with Gasteiger partial charge >= 0.3 is 5.97 Å². The van der Waals surface area contributed by atoms with Crippen LogP contribution >= 0.6 is 11.3 Å². The van der Waals surface area contributed by atoms with Crippen LogP contribution in [0.4, 0.5) is 0 Å². The summed E-state index contributed by atoms with van der Waals surface area (Å²) in [5.41, 5.74) is 1.51. The van der Waals surface area contributed by atoms with E-state index >= 15 is 0 Å². The molecule has 0 saturated heterocycles. The van der Waals surface area contributed by atoms with Crippen molar-refractivity contribution in [3.63, 3.8) is 0 Å². The van der Waals surface area contributed by atoms with Gasteiger partial charge in [-0.3, -0.25) is 4.79 Å². The number of terminal acetylenes is 1. The molecule has 0 aliphatic rings. The third-order valence-electron chi connectivity index (χ3n) is 2.72. The fraction of sp³-hybridized carbons (Fsp3) is 0.188. The molecule has 0 radical (unpaired) electrons. The number of esters is 1. The Morgan fingerprint density at radius 3 is 2.77 bits per heavy atom. The summed E-state index contributed by atoms with van der Waals surface area (Å²) in [6.07, 6.45) is 5.02. The molecule has 5 nitrogen and oxygen atoms in total. The first kappa shape index (κ1) is 15.7. The van der Waals surface area contributed by atoms with E-state index in [-0.39, 0.29) is 13.2 Å². The number of hydrogen-bond donors (Lipinski definition) is 1. The van der Waals surface area contributed by atoms with Crippen LogP contribution in [-0.2, 0) is 9.53 Å². The van der Waals surface area contributed by atoms with Crippen molar-refractivity contribution in [2.75, 3.05) is 13.2 Å². The third-order valence-corrected chi connectivity index (χ3v) is 3.91. The molecule has 1 aromatic heterocycles. The first-order valence-electron chi connectivity index (χ1n) is 6.52. The second-order valence-corrected chi connectivity index (χ2v) is 5.36. The highest BCUT2D eigenvalue weighted by Crippen LogP contribution is 2.28. The quantitative estimate of drug-likeness (QED) is 0.677. The van der Waals surface area contributed by atoms with Crippen LogP contribution in [0.25, 0.3) is 10.6 Å². The van der Waals surface area contributed by atoms with E-state index < -0.39 is 11.9 Å². The first-order chi connectivity index (χ1) is 10.6. The largest absolute Gasteiger partial charge is 0.451 e. The van der Waals surface area contributed by atoms with Gasteiger partial charge in [0.25, 0.3) is 5.91 Å². The minimum Gasteiger partial charge on any atom is -0.451 e. The topological polar surface area (TPSA) is 68.3 Å². The molecule has 0 saturated carbocycles. The van der Waals surface area contributed by atoms with Gasteiger partial charge in [-0.25, -0.2) is 9.78 Å². The molecule has 0 aliphatic heterocycles. The van der Waals surface area contributed by atoms with Crippen molar-refractivity contribution in [2.45, 2.75) is 6.92 Å². The molecule has 0 bridgehead atoms.